The van der Waals surface area contributed by atoms with Crippen molar-refractivity contribution in [3.05, 3.63) is 0 Å². The third-order valence-corrected chi connectivity index (χ3v) is 4.78. The Morgan fingerprint density at radius 1 is 1.17 bits per heavy atom. The van der Waals surface area contributed by atoms with Crippen LogP contribution < -0.4 is 5.32 Å². The zero-order chi connectivity index (χ0) is 13.2. The van der Waals surface area contributed by atoms with Crippen molar-refractivity contribution in [1.29, 1.82) is 0 Å². The predicted octanol–water partition coefficient (Wildman–Crippen LogP) is 2.41. The van der Waals surface area contributed by atoms with E-state index in [9.17, 15) is 0 Å². The summed E-state index contributed by atoms with van der Waals surface area (Å²) in [7, 11) is 2.22. The Balaban J connectivity index is 1.68. The molecule has 1 saturated carbocycles. The molecule has 0 amide bonds. The van der Waals surface area contributed by atoms with E-state index in [-0.39, 0.29) is 5.54 Å². The van der Waals surface area contributed by atoms with Crippen LogP contribution in [0.4, 0.5) is 0 Å². The summed E-state index contributed by atoms with van der Waals surface area (Å²) < 4.78 is 6.15. The van der Waals surface area contributed by atoms with Crippen molar-refractivity contribution in [3.63, 3.8) is 0 Å². The van der Waals surface area contributed by atoms with Gasteiger partial charge in [-0.15, -0.1) is 0 Å². The first kappa shape index (κ1) is 14.3. The van der Waals surface area contributed by atoms with Gasteiger partial charge in [0.25, 0.3) is 0 Å². The molecule has 3 heteroatoms. The molecule has 1 saturated heterocycles. The van der Waals surface area contributed by atoms with E-state index in [0.717, 1.165) is 19.1 Å². The summed E-state index contributed by atoms with van der Waals surface area (Å²) in [6.07, 6.45) is 7.25. The van der Waals surface area contributed by atoms with Gasteiger partial charge in [0.2, 0.25) is 0 Å². The molecule has 106 valence electrons. The second-order valence-corrected chi connectivity index (χ2v) is 6.69. The highest BCUT2D eigenvalue weighted by Crippen LogP contribution is 2.25. The molecular weight excluding hydrogens is 224 g/mol. The Morgan fingerprint density at radius 3 is 2.44 bits per heavy atom. The standard InChI is InChI=1S/C15H30N2O/c1-5-15(2,3)17(4)11-14-9-8-13(18-14)10-16-12-6-7-12/h12-14,16H,5-11H2,1-4H3. The van der Waals surface area contributed by atoms with Gasteiger partial charge >= 0.3 is 0 Å². The van der Waals surface area contributed by atoms with Crippen LogP contribution in [0.3, 0.4) is 0 Å². The number of hydrogen-bond donors (Lipinski definition) is 1. The monoisotopic (exact) mass is 254 g/mol. The van der Waals surface area contributed by atoms with Crippen LogP contribution in [0.25, 0.3) is 0 Å². The average molecular weight is 254 g/mol. The summed E-state index contributed by atoms with van der Waals surface area (Å²) >= 11 is 0. The lowest BCUT2D eigenvalue weighted by atomic mass is 9.99. The predicted molar refractivity (Wildman–Crippen MR) is 75.9 cm³/mol. The van der Waals surface area contributed by atoms with Crippen LogP contribution in [0.15, 0.2) is 0 Å². The molecule has 0 bridgehead atoms. The molecule has 2 atom stereocenters. The van der Waals surface area contributed by atoms with Crippen LogP contribution in [0.1, 0.15) is 52.9 Å². The van der Waals surface area contributed by atoms with E-state index >= 15 is 0 Å². The molecule has 2 unspecified atom stereocenters. The normalized spacial score (nSPS) is 29.2. The van der Waals surface area contributed by atoms with Crippen molar-refractivity contribution in [3.8, 4) is 0 Å². The van der Waals surface area contributed by atoms with Gasteiger partial charge in [-0.3, -0.25) is 4.90 Å². The summed E-state index contributed by atoms with van der Waals surface area (Å²) in [5, 5.41) is 3.58. The maximum absolute atomic E-state index is 6.15. The van der Waals surface area contributed by atoms with Gasteiger partial charge in [-0.25, -0.2) is 0 Å². The van der Waals surface area contributed by atoms with Crippen molar-refractivity contribution in [2.75, 3.05) is 20.1 Å². The van der Waals surface area contributed by atoms with E-state index < -0.39 is 0 Å². The summed E-state index contributed by atoms with van der Waals surface area (Å²) in [5.74, 6) is 0. The molecule has 2 rings (SSSR count). The molecular formula is C15H30N2O. The Morgan fingerprint density at radius 2 is 1.83 bits per heavy atom. The Kier molecular flexibility index (Phi) is 4.68. The van der Waals surface area contributed by atoms with Crippen LogP contribution in [-0.4, -0.2) is 48.8 Å². The first-order valence-corrected chi connectivity index (χ1v) is 7.61. The number of rotatable bonds is 7. The van der Waals surface area contributed by atoms with Crippen molar-refractivity contribution in [1.82, 2.24) is 10.2 Å². The smallest absolute Gasteiger partial charge is 0.0707 e. The quantitative estimate of drug-likeness (QED) is 0.755. The molecule has 1 aliphatic heterocycles. The highest BCUT2D eigenvalue weighted by atomic mass is 16.5. The first-order chi connectivity index (χ1) is 8.51. The number of nitrogens with one attached hydrogen (secondary N) is 1. The zero-order valence-electron chi connectivity index (χ0n) is 12.5. The van der Waals surface area contributed by atoms with Crippen molar-refractivity contribution in [2.45, 2.75) is 76.7 Å². The van der Waals surface area contributed by atoms with Crippen molar-refractivity contribution >= 4 is 0 Å². The molecule has 0 radical (unpaired) electrons. The SMILES string of the molecule is CCC(C)(C)N(C)CC1CCC(CNC2CC2)O1. The molecule has 0 aromatic carbocycles. The zero-order valence-corrected chi connectivity index (χ0v) is 12.5. The van der Waals surface area contributed by atoms with E-state index in [4.69, 9.17) is 4.74 Å². The maximum Gasteiger partial charge on any atom is 0.0707 e. The van der Waals surface area contributed by atoms with Crippen molar-refractivity contribution in [2.24, 2.45) is 0 Å². The maximum atomic E-state index is 6.15. The largest absolute Gasteiger partial charge is 0.372 e. The highest BCUT2D eigenvalue weighted by molar-refractivity contribution is 4.86. The lowest BCUT2D eigenvalue weighted by molar-refractivity contribution is 0.00786. The third-order valence-electron chi connectivity index (χ3n) is 4.78. The molecule has 1 aliphatic carbocycles. The number of ether oxygens (including phenoxy) is 1. The van der Waals surface area contributed by atoms with Crippen LogP contribution in [0.5, 0.6) is 0 Å². The van der Waals surface area contributed by atoms with Gasteiger partial charge in [0.15, 0.2) is 0 Å². The fraction of sp³-hybridized carbons (Fsp3) is 1.00. The van der Waals surface area contributed by atoms with Gasteiger partial charge in [-0.2, -0.15) is 0 Å². The Hall–Kier alpha value is -0.120. The fourth-order valence-corrected chi connectivity index (χ4v) is 2.47. The van der Waals surface area contributed by atoms with Crippen molar-refractivity contribution < 1.29 is 4.74 Å². The molecule has 2 aliphatic rings. The summed E-state index contributed by atoms with van der Waals surface area (Å²) in [5.41, 5.74) is 0.285. The van der Waals surface area contributed by atoms with Gasteiger partial charge < -0.3 is 10.1 Å². The lowest BCUT2D eigenvalue weighted by Crippen LogP contribution is -2.44. The topological polar surface area (TPSA) is 24.5 Å². The van der Waals surface area contributed by atoms with E-state index in [1.807, 2.05) is 0 Å². The molecule has 0 aromatic heterocycles. The fourth-order valence-electron chi connectivity index (χ4n) is 2.47. The summed E-state index contributed by atoms with van der Waals surface area (Å²) in [6.45, 7) is 9.01. The molecule has 18 heavy (non-hydrogen) atoms. The minimum absolute atomic E-state index is 0.285. The Bertz CT molecular complexity index is 263. The minimum atomic E-state index is 0.285. The van der Waals surface area contributed by atoms with Gasteiger partial charge in [0, 0.05) is 24.7 Å². The van der Waals surface area contributed by atoms with E-state index in [2.05, 4.69) is 38.0 Å². The molecule has 1 heterocycles. The Labute approximate surface area is 112 Å². The molecule has 0 aromatic rings. The van der Waals surface area contributed by atoms with Gasteiger partial charge in [-0.05, 0) is 53.0 Å². The molecule has 1 N–H and O–H groups in total. The van der Waals surface area contributed by atoms with Crippen LogP contribution >= 0.6 is 0 Å². The summed E-state index contributed by atoms with van der Waals surface area (Å²) in [4.78, 5) is 2.45. The van der Waals surface area contributed by atoms with Gasteiger partial charge in [-0.1, -0.05) is 6.92 Å². The third kappa shape index (κ3) is 3.94. The van der Waals surface area contributed by atoms with Gasteiger partial charge in [0.1, 0.15) is 0 Å². The van der Waals surface area contributed by atoms with E-state index in [1.165, 1.54) is 32.1 Å². The summed E-state index contributed by atoms with van der Waals surface area (Å²) in [6, 6.07) is 0.800. The number of nitrogens with zero attached hydrogens (tertiary/aromatic N) is 1. The lowest BCUT2D eigenvalue weighted by Gasteiger charge is -2.36. The first-order valence-electron chi connectivity index (χ1n) is 7.61. The number of hydrogen-bond acceptors (Lipinski definition) is 3. The molecule has 2 fully saturated rings. The molecule has 3 nitrogen and oxygen atoms in total. The highest BCUT2D eigenvalue weighted by Gasteiger charge is 2.31. The average Bonchev–Trinajstić information content (AvgIpc) is 3.07. The van der Waals surface area contributed by atoms with Crippen LogP contribution in [0.2, 0.25) is 0 Å². The molecule has 0 spiro atoms. The van der Waals surface area contributed by atoms with Gasteiger partial charge in [0.05, 0.1) is 12.2 Å². The second-order valence-electron chi connectivity index (χ2n) is 6.69. The minimum Gasteiger partial charge on any atom is -0.372 e. The number of likely N-dealkylation sites (N-methyl/N-ethyl adjacent to an activating group) is 1. The van der Waals surface area contributed by atoms with E-state index in [0.29, 0.717) is 12.2 Å². The van der Waals surface area contributed by atoms with E-state index in [1.54, 1.807) is 0 Å². The second kappa shape index (κ2) is 5.89. The van der Waals surface area contributed by atoms with Crippen LogP contribution in [-0.2, 0) is 4.74 Å². The van der Waals surface area contributed by atoms with Crippen LogP contribution in [0, 0.1) is 0 Å².